The Hall–Kier alpha value is -2.33. The first-order valence-electron chi connectivity index (χ1n) is 6.80. The summed E-state index contributed by atoms with van der Waals surface area (Å²) in [6.07, 6.45) is 5.69. The highest BCUT2D eigenvalue weighted by molar-refractivity contribution is 5.69. The van der Waals surface area contributed by atoms with Crippen LogP contribution in [0.1, 0.15) is 18.2 Å². The van der Waals surface area contributed by atoms with Gasteiger partial charge >= 0.3 is 5.97 Å². The van der Waals surface area contributed by atoms with E-state index in [1.165, 1.54) is 0 Å². The van der Waals surface area contributed by atoms with Gasteiger partial charge in [0.25, 0.3) is 0 Å². The number of nitrogens with zero attached hydrogens (tertiary/aromatic N) is 1. The van der Waals surface area contributed by atoms with Gasteiger partial charge in [-0.1, -0.05) is 12.1 Å². The van der Waals surface area contributed by atoms with Gasteiger partial charge in [0, 0.05) is 18.2 Å². The Kier molecular flexibility index (Phi) is 7.13. The second-order valence-electron chi connectivity index (χ2n) is 4.48. The Morgan fingerprint density at radius 2 is 1.91 bits per heavy atom. The quantitative estimate of drug-likeness (QED) is 0.592. The first-order valence-corrected chi connectivity index (χ1v) is 6.80. The summed E-state index contributed by atoms with van der Waals surface area (Å²) in [6.45, 7) is 2.36. The predicted molar refractivity (Wildman–Crippen MR) is 80.3 cm³/mol. The smallest absolute Gasteiger partial charge is 0.372 e. The largest absolute Gasteiger partial charge is 1.00 e. The lowest BCUT2D eigenvalue weighted by Crippen LogP contribution is -3.00. The van der Waals surface area contributed by atoms with Crippen molar-refractivity contribution in [1.29, 1.82) is 0 Å². The molecule has 0 aliphatic carbocycles. The molecule has 0 fully saturated rings. The number of rotatable bonds is 5. The number of hydrogen-bond acceptors (Lipinski definition) is 3. The lowest BCUT2D eigenvalue weighted by Gasteiger charge is -2.01. The van der Waals surface area contributed by atoms with Crippen molar-refractivity contribution >= 4 is 18.1 Å². The van der Waals surface area contributed by atoms with E-state index in [-0.39, 0.29) is 30.7 Å². The Labute approximate surface area is 136 Å². The van der Waals surface area contributed by atoms with Crippen LogP contribution < -0.4 is 17.0 Å². The number of phenolic OH excluding ortho intramolecular Hbond substituents is 1. The van der Waals surface area contributed by atoms with Crippen molar-refractivity contribution in [3.8, 4) is 5.75 Å². The number of ether oxygens (including phenoxy) is 1. The number of hydrogen-bond donors (Lipinski definition) is 1. The molecule has 0 aliphatic rings. The highest BCUT2D eigenvalue weighted by Crippen LogP contribution is 2.11. The molecule has 1 N–H and O–H groups in total. The van der Waals surface area contributed by atoms with Crippen LogP contribution in [0.4, 0.5) is 0 Å². The third-order valence-corrected chi connectivity index (χ3v) is 2.92. The zero-order valence-electron chi connectivity index (χ0n) is 12.3. The van der Waals surface area contributed by atoms with E-state index < -0.39 is 0 Å². The monoisotopic (exact) mass is 319 g/mol. The maximum Gasteiger partial charge on any atom is 0.372 e. The summed E-state index contributed by atoms with van der Waals surface area (Å²) < 4.78 is 6.79. The summed E-state index contributed by atoms with van der Waals surface area (Å²) in [5, 5.41) is 9.26. The Balaban J connectivity index is 0.00000242. The van der Waals surface area contributed by atoms with Gasteiger partial charge in [-0.25, -0.2) is 4.79 Å². The SMILES string of the molecule is CCOC(=O)C[n+]1ccccc1/C=C/c1ccc(O)cc1.[Cl-]. The third-order valence-electron chi connectivity index (χ3n) is 2.92. The van der Waals surface area contributed by atoms with Gasteiger partial charge in [0.1, 0.15) is 5.75 Å². The van der Waals surface area contributed by atoms with Crippen molar-refractivity contribution in [2.75, 3.05) is 6.61 Å². The van der Waals surface area contributed by atoms with E-state index in [2.05, 4.69) is 0 Å². The number of carbonyl (C=O) groups excluding carboxylic acids is 1. The fraction of sp³-hybridized carbons (Fsp3) is 0.176. The summed E-state index contributed by atoms with van der Waals surface area (Å²) in [6, 6.07) is 12.6. The summed E-state index contributed by atoms with van der Waals surface area (Å²) in [4.78, 5) is 11.6. The summed E-state index contributed by atoms with van der Waals surface area (Å²) >= 11 is 0. The molecular weight excluding hydrogens is 302 g/mol. The number of aromatic hydroxyl groups is 1. The van der Waals surface area contributed by atoms with Crippen LogP contribution in [-0.4, -0.2) is 17.7 Å². The summed E-state index contributed by atoms with van der Waals surface area (Å²) in [5.41, 5.74) is 1.87. The molecule has 116 valence electrons. The molecular formula is C17H18ClNO3. The highest BCUT2D eigenvalue weighted by Gasteiger charge is 2.13. The number of aromatic nitrogens is 1. The molecule has 2 rings (SSSR count). The highest BCUT2D eigenvalue weighted by atomic mass is 35.5. The van der Waals surface area contributed by atoms with Gasteiger partial charge in [0.15, 0.2) is 6.20 Å². The Bertz CT molecular complexity index is 639. The minimum Gasteiger partial charge on any atom is -1.00 e. The van der Waals surface area contributed by atoms with E-state index in [0.29, 0.717) is 6.61 Å². The molecule has 5 heteroatoms. The van der Waals surface area contributed by atoms with Crippen molar-refractivity contribution in [2.24, 2.45) is 0 Å². The van der Waals surface area contributed by atoms with Crippen LogP contribution in [0.5, 0.6) is 5.75 Å². The molecule has 1 aromatic carbocycles. The van der Waals surface area contributed by atoms with Crippen molar-refractivity contribution in [3.05, 3.63) is 59.9 Å². The topological polar surface area (TPSA) is 50.4 Å². The molecule has 0 aliphatic heterocycles. The maximum absolute atomic E-state index is 11.6. The number of carbonyl (C=O) groups is 1. The average molecular weight is 320 g/mol. The molecule has 4 nitrogen and oxygen atoms in total. The number of halogens is 1. The molecule has 0 amide bonds. The molecule has 1 aromatic heterocycles. The van der Waals surface area contributed by atoms with Gasteiger partial charge in [0.2, 0.25) is 12.2 Å². The fourth-order valence-corrected chi connectivity index (χ4v) is 1.90. The second kappa shape index (κ2) is 8.85. The molecule has 22 heavy (non-hydrogen) atoms. The van der Waals surface area contributed by atoms with Gasteiger partial charge in [-0.15, -0.1) is 0 Å². The molecule has 1 heterocycles. The van der Waals surface area contributed by atoms with Crippen molar-refractivity contribution in [1.82, 2.24) is 0 Å². The number of esters is 1. The zero-order valence-corrected chi connectivity index (χ0v) is 13.0. The van der Waals surface area contributed by atoms with Crippen LogP contribution >= 0.6 is 0 Å². The van der Waals surface area contributed by atoms with Gasteiger partial charge in [0.05, 0.1) is 6.61 Å². The van der Waals surface area contributed by atoms with E-state index in [1.54, 1.807) is 19.1 Å². The minimum atomic E-state index is -0.256. The van der Waals surface area contributed by atoms with E-state index in [1.807, 2.05) is 53.2 Å². The summed E-state index contributed by atoms with van der Waals surface area (Å²) in [5.74, 6) is -0.0165. The van der Waals surface area contributed by atoms with E-state index in [9.17, 15) is 9.90 Å². The van der Waals surface area contributed by atoms with E-state index >= 15 is 0 Å². The molecule has 0 saturated heterocycles. The van der Waals surface area contributed by atoms with Crippen LogP contribution in [0.15, 0.2) is 48.7 Å². The standard InChI is InChI=1S/C17H17NO3.ClH/c1-2-21-17(20)13-18-12-4-3-5-15(18)9-6-14-7-10-16(19)11-8-14;/h3-12H,2,13H2,1H3;1H. The fourth-order valence-electron chi connectivity index (χ4n) is 1.90. The molecule has 0 atom stereocenters. The molecule has 0 spiro atoms. The predicted octanol–water partition coefficient (Wildman–Crippen LogP) is -0.583. The van der Waals surface area contributed by atoms with Crippen LogP contribution in [0.3, 0.4) is 0 Å². The second-order valence-corrected chi connectivity index (χ2v) is 4.48. The van der Waals surface area contributed by atoms with E-state index in [0.717, 1.165) is 11.3 Å². The Morgan fingerprint density at radius 1 is 1.18 bits per heavy atom. The van der Waals surface area contributed by atoms with Crippen molar-refractivity contribution in [3.63, 3.8) is 0 Å². The lowest BCUT2D eigenvalue weighted by atomic mass is 10.2. The first kappa shape index (κ1) is 17.7. The minimum absolute atomic E-state index is 0. The Morgan fingerprint density at radius 3 is 2.59 bits per heavy atom. The van der Waals surface area contributed by atoms with E-state index in [4.69, 9.17) is 4.74 Å². The van der Waals surface area contributed by atoms with Crippen molar-refractivity contribution in [2.45, 2.75) is 13.5 Å². The lowest BCUT2D eigenvalue weighted by molar-refractivity contribution is -0.687. The zero-order chi connectivity index (χ0) is 15.1. The first-order chi connectivity index (χ1) is 10.2. The normalized spacial score (nSPS) is 10.2. The molecule has 0 unspecified atom stereocenters. The van der Waals surface area contributed by atoms with Gasteiger partial charge in [-0.05, 0) is 36.8 Å². The summed E-state index contributed by atoms with van der Waals surface area (Å²) in [7, 11) is 0. The number of benzene rings is 1. The molecule has 0 saturated carbocycles. The van der Waals surface area contributed by atoms with Crippen molar-refractivity contribution < 1.29 is 31.6 Å². The van der Waals surface area contributed by atoms with Gasteiger partial charge in [-0.2, -0.15) is 4.57 Å². The van der Waals surface area contributed by atoms with Crippen LogP contribution in [0, 0.1) is 0 Å². The van der Waals surface area contributed by atoms with Crippen LogP contribution in [0.2, 0.25) is 0 Å². The number of phenols is 1. The van der Waals surface area contributed by atoms with Crippen LogP contribution in [0.25, 0.3) is 12.2 Å². The number of pyridine rings is 1. The molecule has 0 bridgehead atoms. The maximum atomic E-state index is 11.6. The third kappa shape index (κ3) is 5.22. The van der Waals surface area contributed by atoms with Gasteiger partial charge in [-0.3, -0.25) is 0 Å². The molecule has 0 radical (unpaired) electrons. The average Bonchev–Trinajstić information content (AvgIpc) is 2.48. The van der Waals surface area contributed by atoms with Gasteiger partial charge < -0.3 is 22.3 Å². The van der Waals surface area contributed by atoms with Crippen LogP contribution in [-0.2, 0) is 16.1 Å². The molecule has 2 aromatic rings.